The van der Waals surface area contributed by atoms with E-state index in [1.165, 1.54) is 0 Å². The van der Waals surface area contributed by atoms with Gasteiger partial charge >= 0.3 is 0 Å². The van der Waals surface area contributed by atoms with Crippen molar-refractivity contribution in [2.24, 2.45) is 0 Å². The Morgan fingerprint density at radius 3 is 2.54 bits per heavy atom. The molecule has 0 radical (unpaired) electrons. The van der Waals surface area contributed by atoms with Crippen molar-refractivity contribution in [3.63, 3.8) is 0 Å². The van der Waals surface area contributed by atoms with Crippen molar-refractivity contribution in [3.05, 3.63) is 37.7 Å². The maximum absolute atomic E-state index is 4.23. The molecule has 0 unspecified atom stereocenters. The molecule has 0 N–H and O–H groups in total. The Bertz CT molecular complexity index is 425. The second kappa shape index (κ2) is 3.91. The van der Waals surface area contributed by atoms with E-state index in [1.54, 1.807) is 11.0 Å². The molecular formula is C8H5I2N3. The molecule has 0 atom stereocenters. The third-order valence-corrected chi connectivity index (χ3v) is 2.94. The third-order valence-electron chi connectivity index (χ3n) is 1.53. The van der Waals surface area contributed by atoms with Gasteiger partial charge in [0.1, 0.15) is 3.70 Å². The summed E-state index contributed by atoms with van der Waals surface area (Å²) in [5.74, 6) is 0. The summed E-state index contributed by atoms with van der Waals surface area (Å²) in [5.41, 5.74) is 1.02. The second-order valence-electron chi connectivity index (χ2n) is 2.41. The largest absolute Gasteiger partial charge is 0.156 e. The van der Waals surface area contributed by atoms with Crippen molar-refractivity contribution in [1.82, 2.24) is 15.0 Å². The van der Waals surface area contributed by atoms with Gasteiger partial charge in [0.2, 0.25) is 0 Å². The predicted molar refractivity (Wildman–Crippen MR) is 66.8 cm³/mol. The number of nitrogens with zero attached hydrogens (tertiary/aromatic N) is 3. The van der Waals surface area contributed by atoms with E-state index in [1.807, 2.05) is 24.3 Å². The number of hydrogen-bond donors (Lipinski definition) is 0. The maximum Gasteiger partial charge on any atom is 0.143 e. The minimum atomic E-state index is 0.900. The number of halogens is 2. The zero-order valence-corrected chi connectivity index (χ0v) is 10.8. The Morgan fingerprint density at radius 2 is 1.92 bits per heavy atom. The summed E-state index contributed by atoms with van der Waals surface area (Å²) < 4.78 is 2.05. The van der Waals surface area contributed by atoms with Gasteiger partial charge in [0.25, 0.3) is 0 Å². The molecule has 0 aliphatic carbocycles. The van der Waals surface area contributed by atoms with E-state index < -0.39 is 0 Å². The SMILES string of the molecule is Ic1cnn(-c2ccccc2I)n1. The topological polar surface area (TPSA) is 30.7 Å². The molecular weight excluding hydrogens is 392 g/mol. The molecule has 0 saturated heterocycles. The Balaban J connectivity index is 2.52. The molecule has 0 amide bonds. The van der Waals surface area contributed by atoms with Crippen LogP contribution in [0.25, 0.3) is 5.69 Å². The van der Waals surface area contributed by atoms with Crippen molar-refractivity contribution in [2.75, 3.05) is 0 Å². The molecule has 3 nitrogen and oxygen atoms in total. The first kappa shape index (κ1) is 9.38. The van der Waals surface area contributed by atoms with Gasteiger partial charge in [-0.15, -0.1) is 9.90 Å². The highest BCUT2D eigenvalue weighted by Crippen LogP contribution is 2.14. The lowest BCUT2D eigenvalue weighted by Gasteiger charge is -2.00. The van der Waals surface area contributed by atoms with E-state index in [-0.39, 0.29) is 0 Å². The summed E-state index contributed by atoms with van der Waals surface area (Å²) in [6.45, 7) is 0. The van der Waals surface area contributed by atoms with E-state index in [9.17, 15) is 0 Å². The van der Waals surface area contributed by atoms with Gasteiger partial charge in [0.15, 0.2) is 0 Å². The molecule has 1 aromatic carbocycles. The Kier molecular flexibility index (Phi) is 2.82. The smallest absolute Gasteiger partial charge is 0.143 e. The molecule has 66 valence electrons. The first-order chi connectivity index (χ1) is 6.27. The molecule has 0 saturated carbocycles. The average molecular weight is 397 g/mol. The van der Waals surface area contributed by atoms with Crippen molar-refractivity contribution >= 4 is 45.2 Å². The fraction of sp³-hybridized carbons (Fsp3) is 0. The first-order valence-corrected chi connectivity index (χ1v) is 5.76. The summed E-state index contributed by atoms with van der Waals surface area (Å²) in [5, 5.41) is 8.37. The van der Waals surface area contributed by atoms with Crippen LogP contribution in [0.3, 0.4) is 0 Å². The van der Waals surface area contributed by atoms with E-state index in [0.29, 0.717) is 0 Å². The lowest BCUT2D eigenvalue weighted by molar-refractivity contribution is 0.744. The lowest BCUT2D eigenvalue weighted by atomic mass is 10.3. The van der Waals surface area contributed by atoms with Crippen LogP contribution in [0, 0.1) is 7.27 Å². The lowest BCUT2D eigenvalue weighted by Crippen LogP contribution is -2.00. The molecule has 1 heterocycles. The molecule has 0 bridgehead atoms. The van der Waals surface area contributed by atoms with E-state index in [0.717, 1.165) is 13.0 Å². The van der Waals surface area contributed by atoms with Crippen molar-refractivity contribution in [2.45, 2.75) is 0 Å². The minimum absolute atomic E-state index is 0.900. The first-order valence-electron chi connectivity index (χ1n) is 3.60. The summed E-state index contributed by atoms with van der Waals surface area (Å²) in [7, 11) is 0. The molecule has 13 heavy (non-hydrogen) atoms. The summed E-state index contributed by atoms with van der Waals surface area (Å²) in [6.07, 6.45) is 1.74. The van der Waals surface area contributed by atoms with Gasteiger partial charge < -0.3 is 0 Å². The van der Waals surface area contributed by atoms with Crippen molar-refractivity contribution in [3.8, 4) is 5.69 Å². The van der Waals surface area contributed by atoms with Crippen LogP contribution in [-0.2, 0) is 0 Å². The highest BCUT2D eigenvalue weighted by atomic mass is 127. The van der Waals surface area contributed by atoms with Gasteiger partial charge in [-0.25, -0.2) is 0 Å². The molecule has 0 aliphatic heterocycles. The standard InChI is InChI=1S/C8H5I2N3/c9-6-3-1-2-4-7(6)13-11-5-8(10)12-13/h1-5H. The van der Waals surface area contributed by atoms with Crippen LogP contribution < -0.4 is 0 Å². The number of rotatable bonds is 1. The quantitative estimate of drug-likeness (QED) is 0.693. The second-order valence-corrected chi connectivity index (χ2v) is 4.68. The normalized spacial score (nSPS) is 10.3. The van der Waals surface area contributed by atoms with Crippen LogP contribution >= 0.6 is 45.2 Å². The van der Waals surface area contributed by atoms with Crippen molar-refractivity contribution in [1.29, 1.82) is 0 Å². The molecule has 2 aromatic rings. The van der Waals surface area contributed by atoms with Gasteiger partial charge in [-0.1, -0.05) is 12.1 Å². The van der Waals surface area contributed by atoms with Gasteiger partial charge in [-0.3, -0.25) is 0 Å². The van der Waals surface area contributed by atoms with Crippen LogP contribution in [0.2, 0.25) is 0 Å². The predicted octanol–water partition coefficient (Wildman–Crippen LogP) is 2.48. The molecule has 5 heteroatoms. The number of hydrogen-bond acceptors (Lipinski definition) is 2. The molecule has 0 aliphatic rings. The maximum atomic E-state index is 4.23. The summed E-state index contributed by atoms with van der Waals surface area (Å²) >= 11 is 4.41. The van der Waals surface area contributed by atoms with E-state index in [2.05, 4.69) is 55.4 Å². The number of aromatic nitrogens is 3. The molecule has 0 spiro atoms. The zero-order valence-electron chi connectivity index (χ0n) is 6.48. The molecule has 1 aromatic heterocycles. The Hall–Kier alpha value is -0.180. The highest BCUT2D eigenvalue weighted by Gasteiger charge is 2.03. The zero-order chi connectivity index (χ0) is 9.26. The van der Waals surface area contributed by atoms with Gasteiger partial charge in [0.05, 0.1) is 11.9 Å². The average Bonchev–Trinajstić information content (AvgIpc) is 2.53. The van der Waals surface area contributed by atoms with Crippen LogP contribution in [0.1, 0.15) is 0 Å². The molecule has 2 rings (SSSR count). The molecule has 0 fully saturated rings. The Labute approximate surface area is 103 Å². The van der Waals surface area contributed by atoms with Crippen LogP contribution in [0.5, 0.6) is 0 Å². The van der Waals surface area contributed by atoms with Crippen LogP contribution in [0.15, 0.2) is 30.5 Å². The fourth-order valence-electron chi connectivity index (χ4n) is 0.974. The number of para-hydroxylation sites is 1. The van der Waals surface area contributed by atoms with Crippen LogP contribution in [-0.4, -0.2) is 15.0 Å². The summed E-state index contributed by atoms with van der Waals surface area (Å²) in [4.78, 5) is 1.64. The van der Waals surface area contributed by atoms with Crippen molar-refractivity contribution < 1.29 is 0 Å². The van der Waals surface area contributed by atoms with Gasteiger partial charge in [0, 0.05) is 3.57 Å². The fourth-order valence-corrected chi connectivity index (χ4v) is 1.91. The van der Waals surface area contributed by atoms with Crippen LogP contribution in [0.4, 0.5) is 0 Å². The third kappa shape index (κ3) is 2.01. The summed E-state index contributed by atoms with van der Waals surface area (Å²) in [6, 6.07) is 8.01. The number of benzene rings is 1. The van der Waals surface area contributed by atoms with E-state index >= 15 is 0 Å². The van der Waals surface area contributed by atoms with Gasteiger partial charge in [-0.05, 0) is 57.3 Å². The van der Waals surface area contributed by atoms with Gasteiger partial charge in [-0.2, -0.15) is 5.10 Å². The monoisotopic (exact) mass is 397 g/mol. The highest BCUT2D eigenvalue weighted by molar-refractivity contribution is 14.1. The minimum Gasteiger partial charge on any atom is -0.156 e. The Morgan fingerprint density at radius 1 is 1.15 bits per heavy atom. The van der Waals surface area contributed by atoms with E-state index in [4.69, 9.17) is 0 Å².